The highest BCUT2D eigenvalue weighted by Crippen LogP contribution is 2.27. The standard InChI is InChI=1S/C20H30ClN3O3S/c1-3-24(4-2)28(26,27)17-7-8-19(21)18(15-17)20(25)23-13-9-16(10-14-23)22-11-5-6-12-22/h7-8,15-16H,3-6,9-14H2,1-2H3. The second-order valence-corrected chi connectivity index (χ2v) is 9.84. The van der Waals surface area contributed by atoms with Crippen LogP contribution in [-0.4, -0.2) is 73.7 Å². The molecule has 2 aliphatic rings. The first-order chi connectivity index (χ1) is 13.4. The third-order valence-electron chi connectivity index (χ3n) is 5.92. The molecule has 3 rings (SSSR count). The molecule has 0 atom stereocenters. The number of rotatable bonds is 6. The van der Waals surface area contributed by atoms with Crippen LogP contribution in [0.3, 0.4) is 0 Å². The third kappa shape index (κ3) is 4.37. The number of benzene rings is 1. The number of piperidine rings is 1. The van der Waals surface area contributed by atoms with Gasteiger partial charge in [-0.25, -0.2) is 8.42 Å². The Kier molecular flexibility index (Phi) is 7.02. The number of hydrogen-bond donors (Lipinski definition) is 0. The molecular formula is C20H30ClN3O3S. The highest BCUT2D eigenvalue weighted by atomic mass is 35.5. The van der Waals surface area contributed by atoms with E-state index in [0.717, 1.165) is 25.9 Å². The zero-order chi connectivity index (χ0) is 20.3. The van der Waals surface area contributed by atoms with Crippen LogP contribution in [0.4, 0.5) is 0 Å². The summed E-state index contributed by atoms with van der Waals surface area (Å²) in [6.45, 7) is 8.06. The molecule has 1 amide bonds. The van der Waals surface area contributed by atoms with Crippen molar-refractivity contribution in [3.05, 3.63) is 28.8 Å². The van der Waals surface area contributed by atoms with E-state index in [1.54, 1.807) is 13.8 Å². The molecule has 6 nitrogen and oxygen atoms in total. The molecule has 0 aromatic heterocycles. The summed E-state index contributed by atoms with van der Waals surface area (Å²) in [7, 11) is -3.63. The minimum atomic E-state index is -3.63. The van der Waals surface area contributed by atoms with Crippen molar-refractivity contribution in [1.82, 2.24) is 14.1 Å². The van der Waals surface area contributed by atoms with Crippen molar-refractivity contribution in [3.8, 4) is 0 Å². The van der Waals surface area contributed by atoms with Crippen molar-refractivity contribution < 1.29 is 13.2 Å². The lowest BCUT2D eigenvalue weighted by Gasteiger charge is -2.36. The van der Waals surface area contributed by atoms with Gasteiger partial charge in [0, 0.05) is 32.2 Å². The molecule has 156 valence electrons. The average Bonchev–Trinajstić information content (AvgIpc) is 3.23. The van der Waals surface area contributed by atoms with Gasteiger partial charge in [0.25, 0.3) is 5.91 Å². The first-order valence-electron chi connectivity index (χ1n) is 10.2. The molecular weight excluding hydrogens is 398 g/mol. The summed E-state index contributed by atoms with van der Waals surface area (Å²) in [5, 5.41) is 0.296. The quantitative estimate of drug-likeness (QED) is 0.700. The maximum atomic E-state index is 13.1. The molecule has 1 aromatic rings. The summed E-state index contributed by atoms with van der Waals surface area (Å²) >= 11 is 6.28. The Balaban J connectivity index is 1.75. The molecule has 2 fully saturated rings. The van der Waals surface area contributed by atoms with Gasteiger partial charge in [0.05, 0.1) is 15.5 Å². The zero-order valence-corrected chi connectivity index (χ0v) is 18.3. The number of carbonyl (C=O) groups excluding carboxylic acids is 1. The Morgan fingerprint density at radius 1 is 1.11 bits per heavy atom. The molecule has 8 heteroatoms. The van der Waals surface area contributed by atoms with E-state index in [2.05, 4.69) is 4.90 Å². The first-order valence-corrected chi connectivity index (χ1v) is 12.0. The van der Waals surface area contributed by atoms with E-state index in [1.165, 1.54) is 35.3 Å². The Morgan fingerprint density at radius 3 is 2.29 bits per heavy atom. The maximum absolute atomic E-state index is 13.1. The van der Waals surface area contributed by atoms with Gasteiger partial charge < -0.3 is 9.80 Å². The summed E-state index contributed by atoms with van der Waals surface area (Å²) in [5.74, 6) is -0.179. The smallest absolute Gasteiger partial charge is 0.255 e. The van der Waals surface area contributed by atoms with Crippen molar-refractivity contribution >= 4 is 27.5 Å². The summed E-state index contributed by atoms with van der Waals surface area (Å²) < 4.78 is 27.0. The molecule has 28 heavy (non-hydrogen) atoms. The third-order valence-corrected chi connectivity index (χ3v) is 8.30. The average molecular weight is 428 g/mol. The van der Waals surface area contributed by atoms with Crippen molar-refractivity contribution in [2.45, 2.75) is 50.5 Å². The van der Waals surface area contributed by atoms with Gasteiger partial charge in [-0.2, -0.15) is 4.31 Å². The molecule has 0 aliphatic carbocycles. The molecule has 0 radical (unpaired) electrons. The fourth-order valence-electron chi connectivity index (χ4n) is 4.25. The van der Waals surface area contributed by atoms with Crippen LogP contribution < -0.4 is 0 Å². The number of halogens is 1. The van der Waals surface area contributed by atoms with Gasteiger partial charge in [0.15, 0.2) is 0 Å². The van der Waals surface area contributed by atoms with E-state index in [1.807, 2.05) is 4.90 Å². The SMILES string of the molecule is CCN(CC)S(=O)(=O)c1ccc(Cl)c(C(=O)N2CCC(N3CCCC3)CC2)c1. The van der Waals surface area contributed by atoms with Crippen LogP contribution in [-0.2, 0) is 10.0 Å². The second kappa shape index (κ2) is 9.11. The highest BCUT2D eigenvalue weighted by molar-refractivity contribution is 7.89. The van der Waals surface area contributed by atoms with E-state index in [-0.39, 0.29) is 16.4 Å². The van der Waals surface area contributed by atoms with Crippen LogP contribution in [0.1, 0.15) is 49.9 Å². The minimum absolute atomic E-state index is 0.121. The van der Waals surface area contributed by atoms with Gasteiger partial charge in [-0.3, -0.25) is 4.79 Å². The lowest BCUT2D eigenvalue weighted by atomic mass is 10.0. The van der Waals surface area contributed by atoms with Gasteiger partial charge in [-0.05, 0) is 57.0 Å². The number of hydrogen-bond acceptors (Lipinski definition) is 4. The van der Waals surface area contributed by atoms with Crippen molar-refractivity contribution in [2.75, 3.05) is 39.3 Å². The van der Waals surface area contributed by atoms with Gasteiger partial charge >= 0.3 is 0 Å². The summed E-state index contributed by atoms with van der Waals surface area (Å²) in [5.41, 5.74) is 0.273. The Labute approximate surface area is 173 Å². The van der Waals surface area contributed by atoms with Gasteiger partial charge in [0.1, 0.15) is 0 Å². The molecule has 0 bridgehead atoms. The molecule has 2 saturated heterocycles. The fraction of sp³-hybridized carbons (Fsp3) is 0.650. The lowest BCUT2D eigenvalue weighted by molar-refractivity contribution is 0.0644. The number of sulfonamides is 1. The van der Waals surface area contributed by atoms with Gasteiger partial charge in [0.2, 0.25) is 10.0 Å². The second-order valence-electron chi connectivity index (χ2n) is 7.50. The molecule has 2 heterocycles. The number of carbonyl (C=O) groups is 1. The van der Waals surface area contributed by atoms with Crippen LogP contribution in [0.2, 0.25) is 5.02 Å². The van der Waals surface area contributed by atoms with Crippen LogP contribution in [0, 0.1) is 0 Å². The molecule has 0 saturated carbocycles. The first kappa shape index (κ1) is 21.6. The number of nitrogens with zero attached hydrogens (tertiary/aromatic N) is 3. The molecule has 1 aromatic carbocycles. The number of likely N-dealkylation sites (tertiary alicyclic amines) is 2. The predicted molar refractivity (Wildman–Crippen MR) is 111 cm³/mol. The van der Waals surface area contributed by atoms with E-state index >= 15 is 0 Å². The van der Waals surface area contributed by atoms with E-state index < -0.39 is 10.0 Å². The Hall–Kier alpha value is -1.15. The van der Waals surface area contributed by atoms with Crippen molar-refractivity contribution in [3.63, 3.8) is 0 Å². The normalized spacial score (nSPS) is 19.5. The highest BCUT2D eigenvalue weighted by Gasteiger charge is 2.30. The Morgan fingerprint density at radius 2 is 1.71 bits per heavy atom. The van der Waals surface area contributed by atoms with Crippen LogP contribution in [0.25, 0.3) is 0 Å². The molecule has 0 spiro atoms. The van der Waals surface area contributed by atoms with Crippen molar-refractivity contribution in [2.24, 2.45) is 0 Å². The van der Waals surface area contributed by atoms with Gasteiger partial charge in [-0.1, -0.05) is 25.4 Å². The molecule has 2 aliphatic heterocycles. The Bertz CT molecular complexity index is 797. The monoisotopic (exact) mass is 427 g/mol. The molecule has 0 N–H and O–H groups in total. The largest absolute Gasteiger partial charge is 0.338 e. The summed E-state index contributed by atoms with van der Waals surface area (Å²) in [6.07, 6.45) is 4.45. The van der Waals surface area contributed by atoms with Crippen LogP contribution in [0.5, 0.6) is 0 Å². The van der Waals surface area contributed by atoms with E-state index in [9.17, 15) is 13.2 Å². The summed E-state index contributed by atoms with van der Waals surface area (Å²) in [6, 6.07) is 4.98. The number of amides is 1. The fourth-order valence-corrected chi connectivity index (χ4v) is 5.94. The maximum Gasteiger partial charge on any atom is 0.255 e. The van der Waals surface area contributed by atoms with Crippen molar-refractivity contribution in [1.29, 1.82) is 0 Å². The molecule has 0 unspecified atom stereocenters. The lowest BCUT2D eigenvalue weighted by Crippen LogP contribution is -2.46. The van der Waals surface area contributed by atoms with Gasteiger partial charge in [-0.15, -0.1) is 0 Å². The van der Waals surface area contributed by atoms with Crippen LogP contribution >= 0.6 is 11.6 Å². The van der Waals surface area contributed by atoms with E-state index in [0.29, 0.717) is 37.2 Å². The summed E-state index contributed by atoms with van der Waals surface area (Å²) in [4.78, 5) is 17.5. The minimum Gasteiger partial charge on any atom is -0.338 e. The zero-order valence-electron chi connectivity index (χ0n) is 16.7. The van der Waals surface area contributed by atoms with E-state index in [4.69, 9.17) is 11.6 Å². The van der Waals surface area contributed by atoms with Crippen LogP contribution in [0.15, 0.2) is 23.1 Å². The topological polar surface area (TPSA) is 60.9 Å². The predicted octanol–water partition coefficient (Wildman–Crippen LogP) is 3.07.